The minimum atomic E-state index is -0.539. The fourth-order valence-corrected chi connectivity index (χ4v) is 3.25. The average Bonchev–Trinajstić information content (AvgIpc) is 3.00. The number of benzene rings is 1. The van der Waals surface area contributed by atoms with Gasteiger partial charge in [-0.3, -0.25) is 0 Å². The molecule has 0 spiro atoms. The van der Waals surface area contributed by atoms with Gasteiger partial charge in [-0.15, -0.1) is 0 Å². The van der Waals surface area contributed by atoms with E-state index in [1.807, 2.05) is 0 Å². The minimum Gasteiger partial charge on any atom is -0.385 e. The molecule has 0 aliphatic heterocycles. The summed E-state index contributed by atoms with van der Waals surface area (Å²) in [6.07, 6.45) is 14.4. The molecule has 2 rings (SSSR count). The Labute approximate surface area is 146 Å². The average molecular weight is 331 g/mol. The van der Waals surface area contributed by atoms with Crippen molar-refractivity contribution in [1.82, 2.24) is 9.97 Å². The predicted octanol–water partition coefficient (Wildman–Crippen LogP) is 6.08. The Morgan fingerprint density at radius 2 is 1.58 bits per heavy atom. The summed E-state index contributed by atoms with van der Waals surface area (Å²) in [6, 6.07) is 6.41. The van der Waals surface area contributed by atoms with Gasteiger partial charge in [0.15, 0.2) is 0 Å². The smallest absolute Gasteiger partial charge is 0.135 e. The number of aryl methyl sites for hydroxylation is 1. The summed E-state index contributed by atoms with van der Waals surface area (Å²) in [4.78, 5) is 7.62. The number of unbranched alkanes of at least 4 members (excludes halogenated alkanes) is 9. The highest BCUT2D eigenvalue weighted by molar-refractivity contribution is 5.75. The van der Waals surface area contributed by atoms with Gasteiger partial charge in [0, 0.05) is 0 Å². The third kappa shape index (κ3) is 6.27. The maximum atomic E-state index is 9.60. The molecule has 3 heteroatoms. The van der Waals surface area contributed by atoms with E-state index >= 15 is 0 Å². The molecule has 0 aliphatic rings. The van der Waals surface area contributed by atoms with E-state index in [2.05, 4.69) is 35.1 Å². The Morgan fingerprint density at radius 1 is 0.958 bits per heavy atom. The highest BCUT2D eigenvalue weighted by Crippen LogP contribution is 2.19. The second-order valence-corrected chi connectivity index (χ2v) is 7.08. The first kappa shape index (κ1) is 19.0. The Bertz CT molecular complexity index is 589. The molecule has 1 aromatic carbocycles. The summed E-state index contributed by atoms with van der Waals surface area (Å²) in [5.41, 5.74) is 3.34. The van der Waals surface area contributed by atoms with Crippen LogP contribution in [0.5, 0.6) is 0 Å². The Hall–Kier alpha value is -1.35. The van der Waals surface area contributed by atoms with Gasteiger partial charge >= 0.3 is 0 Å². The van der Waals surface area contributed by atoms with Crippen LogP contribution in [0.25, 0.3) is 11.0 Å². The molecule has 2 aromatic rings. The predicted molar refractivity (Wildman–Crippen MR) is 102 cm³/mol. The van der Waals surface area contributed by atoms with Gasteiger partial charge < -0.3 is 10.1 Å². The number of hydrogen-bond acceptors (Lipinski definition) is 2. The van der Waals surface area contributed by atoms with Crippen LogP contribution in [0.2, 0.25) is 0 Å². The van der Waals surface area contributed by atoms with Crippen molar-refractivity contribution in [3.05, 3.63) is 29.6 Å². The number of aromatic nitrogens is 2. The molecule has 0 radical (unpaired) electrons. The fraction of sp³-hybridized carbons (Fsp3) is 0.667. The lowest BCUT2D eigenvalue weighted by Gasteiger charge is -2.03. The zero-order chi connectivity index (χ0) is 17.2. The third-order valence-corrected chi connectivity index (χ3v) is 4.78. The van der Waals surface area contributed by atoms with Crippen LogP contribution in [0.15, 0.2) is 18.2 Å². The van der Waals surface area contributed by atoms with Crippen LogP contribution in [-0.4, -0.2) is 15.1 Å². The van der Waals surface area contributed by atoms with E-state index in [0.717, 1.165) is 17.5 Å². The molecule has 1 aromatic heterocycles. The lowest BCUT2D eigenvalue weighted by molar-refractivity contribution is 0.190. The maximum absolute atomic E-state index is 9.60. The number of hydrogen-bond donors (Lipinski definition) is 2. The number of nitrogens with zero attached hydrogens (tertiary/aromatic N) is 1. The van der Waals surface area contributed by atoms with Crippen molar-refractivity contribution in [1.29, 1.82) is 0 Å². The fourth-order valence-electron chi connectivity index (χ4n) is 3.25. The van der Waals surface area contributed by atoms with E-state index in [1.54, 1.807) is 6.92 Å². The lowest BCUT2D eigenvalue weighted by Crippen LogP contribution is -1.92. The molecule has 0 fully saturated rings. The summed E-state index contributed by atoms with van der Waals surface area (Å²) in [5.74, 6) is 0.654. The van der Waals surface area contributed by atoms with Gasteiger partial charge in [-0.2, -0.15) is 0 Å². The molecule has 0 saturated carbocycles. The molecule has 0 bridgehead atoms. The first-order chi connectivity index (χ1) is 11.7. The summed E-state index contributed by atoms with van der Waals surface area (Å²) >= 11 is 0. The minimum absolute atomic E-state index is 0.539. The van der Waals surface area contributed by atoms with Crippen molar-refractivity contribution in [2.45, 2.75) is 90.6 Å². The molecule has 0 saturated heterocycles. The van der Waals surface area contributed by atoms with Crippen molar-refractivity contribution >= 4 is 11.0 Å². The van der Waals surface area contributed by atoms with Crippen LogP contribution in [0, 0.1) is 0 Å². The number of aromatic amines is 1. The quantitative estimate of drug-likeness (QED) is 0.463. The second kappa shape index (κ2) is 10.5. The van der Waals surface area contributed by atoms with Gasteiger partial charge in [0.05, 0.1) is 11.0 Å². The third-order valence-electron chi connectivity index (χ3n) is 4.78. The Balaban J connectivity index is 1.61. The molecule has 0 aliphatic carbocycles. The highest BCUT2D eigenvalue weighted by Gasteiger charge is 2.07. The summed E-state index contributed by atoms with van der Waals surface area (Å²) in [6.45, 7) is 4.01. The summed E-state index contributed by atoms with van der Waals surface area (Å²) in [7, 11) is 0. The summed E-state index contributed by atoms with van der Waals surface area (Å²) in [5, 5.41) is 9.60. The second-order valence-electron chi connectivity index (χ2n) is 7.08. The van der Waals surface area contributed by atoms with Crippen molar-refractivity contribution in [3.63, 3.8) is 0 Å². The SMILES string of the molecule is CCCCCCCCCCCCc1ccc2nc(C(C)O)[nH]c2c1. The number of nitrogens with one attached hydrogen (secondary N) is 1. The van der Waals surface area contributed by atoms with E-state index in [4.69, 9.17) is 0 Å². The van der Waals surface area contributed by atoms with Gasteiger partial charge in [-0.25, -0.2) is 4.98 Å². The first-order valence-corrected chi connectivity index (χ1v) is 9.87. The van der Waals surface area contributed by atoms with Crippen LogP contribution in [0.3, 0.4) is 0 Å². The number of rotatable bonds is 12. The van der Waals surface area contributed by atoms with Crippen LogP contribution in [0.4, 0.5) is 0 Å². The highest BCUT2D eigenvalue weighted by atomic mass is 16.3. The van der Waals surface area contributed by atoms with E-state index in [9.17, 15) is 5.11 Å². The van der Waals surface area contributed by atoms with E-state index in [0.29, 0.717) is 5.82 Å². The van der Waals surface area contributed by atoms with Crippen LogP contribution < -0.4 is 0 Å². The first-order valence-electron chi connectivity index (χ1n) is 9.87. The number of H-pyrrole nitrogens is 1. The number of aliphatic hydroxyl groups excluding tert-OH is 1. The van der Waals surface area contributed by atoms with Gasteiger partial charge in [-0.05, 0) is 37.5 Å². The van der Waals surface area contributed by atoms with Crippen LogP contribution in [-0.2, 0) is 6.42 Å². The van der Waals surface area contributed by atoms with Crippen molar-refractivity contribution < 1.29 is 5.11 Å². The van der Waals surface area contributed by atoms with Crippen molar-refractivity contribution in [2.75, 3.05) is 0 Å². The van der Waals surface area contributed by atoms with E-state index < -0.39 is 6.10 Å². The molecule has 1 heterocycles. The zero-order valence-corrected chi connectivity index (χ0v) is 15.5. The monoisotopic (exact) mass is 330 g/mol. The van der Waals surface area contributed by atoms with Gasteiger partial charge in [0.1, 0.15) is 11.9 Å². The molecule has 0 amide bonds. The molecule has 134 valence electrons. The molecule has 1 atom stereocenters. The van der Waals surface area contributed by atoms with E-state index in [-0.39, 0.29) is 0 Å². The zero-order valence-electron chi connectivity index (χ0n) is 15.5. The molecular formula is C21H34N2O. The number of fused-ring (bicyclic) bond motifs is 1. The summed E-state index contributed by atoms with van der Waals surface area (Å²) < 4.78 is 0. The van der Waals surface area contributed by atoms with Gasteiger partial charge in [-0.1, -0.05) is 70.8 Å². The largest absolute Gasteiger partial charge is 0.385 e. The molecular weight excluding hydrogens is 296 g/mol. The number of imidazole rings is 1. The Kier molecular flexibility index (Phi) is 8.31. The number of aliphatic hydroxyl groups is 1. The topological polar surface area (TPSA) is 48.9 Å². The van der Waals surface area contributed by atoms with Crippen molar-refractivity contribution in [2.24, 2.45) is 0 Å². The molecule has 1 unspecified atom stereocenters. The molecule has 3 nitrogen and oxygen atoms in total. The van der Waals surface area contributed by atoms with Gasteiger partial charge in [0.2, 0.25) is 0 Å². The maximum Gasteiger partial charge on any atom is 0.135 e. The molecule has 24 heavy (non-hydrogen) atoms. The lowest BCUT2D eigenvalue weighted by atomic mass is 10.0. The van der Waals surface area contributed by atoms with Gasteiger partial charge in [0.25, 0.3) is 0 Å². The van der Waals surface area contributed by atoms with Crippen molar-refractivity contribution in [3.8, 4) is 0 Å². The standard InChI is InChI=1S/C21H34N2O/c1-3-4-5-6-7-8-9-10-11-12-13-18-14-15-19-20(16-18)23-21(22-19)17(2)24/h14-17,24H,3-13H2,1-2H3,(H,22,23). The van der Waals surface area contributed by atoms with Crippen LogP contribution >= 0.6 is 0 Å². The Morgan fingerprint density at radius 3 is 2.21 bits per heavy atom. The molecule has 2 N–H and O–H groups in total. The normalized spacial score (nSPS) is 12.8. The van der Waals surface area contributed by atoms with Crippen LogP contribution in [0.1, 0.15) is 95.5 Å². The van der Waals surface area contributed by atoms with E-state index in [1.165, 1.54) is 69.8 Å².